The van der Waals surface area contributed by atoms with E-state index in [1.807, 2.05) is 6.92 Å². The van der Waals surface area contributed by atoms with Crippen molar-refractivity contribution in [2.45, 2.75) is 25.8 Å². The Bertz CT molecular complexity index is 463. The van der Waals surface area contributed by atoms with Crippen molar-refractivity contribution in [2.24, 2.45) is 5.92 Å². The number of hydrogen-bond acceptors (Lipinski definition) is 3. The Labute approximate surface area is 106 Å². The largest absolute Gasteiger partial charge is 0.348 e. The number of pyridine rings is 1. The minimum atomic E-state index is -0.255. The van der Waals surface area contributed by atoms with Gasteiger partial charge in [-0.3, -0.25) is 9.59 Å². The molecule has 1 aliphatic heterocycles. The first-order chi connectivity index (χ1) is 8.66. The normalized spacial score (nSPS) is 21.3. The van der Waals surface area contributed by atoms with E-state index in [-0.39, 0.29) is 17.5 Å². The molecule has 0 radical (unpaired) electrons. The third kappa shape index (κ3) is 3.20. The van der Waals surface area contributed by atoms with E-state index in [0.717, 1.165) is 25.9 Å². The minimum absolute atomic E-state index is 0.106. The second-order valence-corrected chi connectivity index (χ2v) is 4.80. The Hall–Kier alpha value is -1.62. The third-order valence-electron chi connectivity index (χ3n) is 3.41. The zero-order valence-electron chi connectivity index (χ0n) is 10.5. The SMILES string of the molecule is CC(NC(=O)c1cccc(=O)[nH]1)C1CCCNC1. The molecule has 2 atom stereocenters. The van der Waals surface area contributed by atoms with Crippen molar-refractivity contribution in [2.75, 3.05) is 13.1 Å². The van der Waals surface area contributed by atoms with Gasteiger partial charge in [0.25, 0.3) is 5.91 Å². The van der Waals surface area contributed by atoms with E-state index in [2.05, 4.69) is 15.6 Å². The molecule has 0 bridgehead atoms. The molecule has 2 rings (SSSR count). The first kappa shape index (κ1) is 12.8. The summed E-state index contributed by atoms with van der Waals surface area (Å²) in [5.74, 6) is 0.240. The summed E-state index contributed by atoms with van der Waals surface area (Å²) in [5, 5.41) is 6.27. The van der Waals surface area contributed by atoms with Gasteiger partial charge >= 0.3 is 0 Å². The number of carbonyl (C=O) groups excluding carboxylic acids is 1. The van der Waals surface area contributed by atoms with Gasteiger partial charge in [-0.05, 0) is 44.8 Å². The van der Waals surface area contributed by atoms with Gasteiger partial charge in [-0.1, -0.05) is 6.07 Å². The molecule has 1 saturated heterocycles. The molecule has 3 N–H and O–H groups in total. The van der Waals surface area contributed by atoms with Crippen molar-refractivity contribution >= 4 is 5.91 Å². The summed E-state index contributed by atoms with van der Waals surface area (Å²) in [6, 6.07) is 4.70. The van der Waals surface area contributed by atoms with E-state index >= 15 is 0 Å². The Morgan fingerprint density at radius 2 is 2.33 bits per heavy atom. The lowest BCUT2D eigenvalue weighted by Crippen LogP contribution is -2.44. The summed E-state index contributed by atoms with van der Waals surface area (Å²) in [4.78, 5) is 25.6. The molecule has 1 aliphatic rings. The van der Waals surface area contributed by atoms with E-state index in [0.29, 0.717) is 11.6 Å². The van der Waals surface area contributed by atoms with Crippen molar-refractivity contribution in [1.82, 2.24) is 15.6 Å². The molecular formula is C13H19N3O2. The lowest BCUT2D eigenvalue weighted by Gasteiger charge is -2.28. The van der Waals surface area contributed by atoms with Gasteiger partial charge in [-0.15, -0.1) is 0 Å². The van der Waals surface area contributed by atoms with Crippen LogP contribution >= 0.6 is 0 Å². The van der Waals surface area contributed by atoms with Crippen LogP contribution in [-0.2, 0) is 0 Å². The number of nitrogens with one attached hydrogen (secondary N) is 3. The van der Waals surface area contributed by atoms with E-state index in [1.54, 1.807) is 12.1 Å². The van der Waals surface area contributed by atoms with E-state index < -0.39 is 0 Å². The van der Waals surface area contributed by atoms with Crippen molar-refractivity contribution in [3.8, 4) is 0 Å². The molecule has 0 saturated carbocycles. The Morgan fingerprint density at radius 3 is 3.00 bits per heavy atom. The molecule has 18 heavy (non-hydrogen) atoms. The van der Waals surface area contributed by atoms with Gasteiger partial charge in [0.05, 0.1) is 0 Å². The molecule has 98 valence electrons. The number of H-pyrrole nitrogens is 1. The molecule has 2 heterocycles. The van der Waals surface area contributed by atoms with Gasteiger partial charge in [0.15, 0.2) is 0 Å². The van der Waals surface area contributed by atoms with Crippen LogP contribution in [0.15, 0.2) is 23.0 Å². The summed E-state index contributed by atoms with van der Waals surface area (Å²) >= 11 is 0. The summed E-state index contributed by atoms with van der Waals surface area (Å²) in [5.41, 5.74) is 0.0627. The molecule has 1 amide bonds. The van der Waals surface area contributed by atoms with Gasteiger partial charge in [0, 0.05) is 12.1 Å². The monoisotopic (exact) mass is 249 g/mol. The second kappa shape index (κ2) is 5.82. The van der Waals surface area contributed by atoms with Gasteiger partial charge < -0.3 is 15.6 Å². The van der Waals surface area contributed by atoms with Crippen molar-refractivity contribution < 1.29 is 4.79 Å². The maximum atomic E-state index is 11.9. The zero-order valence-corrected chi connectivity index (χ0v) is 10.5. The van der Waals surface area contributed by atoms with E-state index in [4.69, 9.17) is 0 Å². The fourth-order valence-corrected chi connectivity index (χ4v) is 2.29. The van der Waals surface area contributed by atoms with Crippen LogP contribution in [0.25, 0.3) is 0 Å². The predicted molar refractivity (Wildman–Crippen MR) is 69.6 cm³/mol. The van der Waals surface area contributed by atoms with Crippen LogP contribution in [0.2, 0.25) is 0 Å². The van der Waals surface area contributed by atoms with Crippen LogP contribution in [0.1, 0.15) is 30.3 Å². The maximum absolute atomic E-state index is 11.9. The highest BCUT2D eigenvalue weighted by Gasteiger charge is 2.21. The summed E-state index contributed by atoms with van der Waals surface area (Å²) in [6.07, 6.45) is 2.27. The lowest BCUT2D eigenvalue weighted by molar-refractivity contribution is 0.0916. The third-order valence-corrected chi connectivity index (χ3v) is 3.41. The van der Waals surface area contributed by atoms with Crippen LogP contribution in [-0.4, -0.2) is 30.0 Å². The van der Waals surface area contributed by atoms with Crippen molar-refractivity contribution in [3.63, 3.8) is 0 Å². The summed E-state index contributed by atoms with van der Waals surface area (Å²) in [7, 11) is 0. The van der Waals surface area contributed by atoms with Crippen LogP contribution < -0.4 is 16.2 Å². The second-order valence-electron chi connectivity index (χ2n) is 4.80. The highest BCUT2D eigenvalue weighted by atomic mass is 16.2. The number of hydrogen-bond donors (Lipinski definition) is 3. The summed E-state index contributed by atoms with van der Waals surface area (Å²) < 4.78 is 0. The predicted octanol–water partition coefficient (Wildman–Crippen LogP) is 0.493. The number of aromatic amines is 1. The first-order valence-corrected chi connectivity index (χ1v) is 6.38. The number of aromatic nitrogens is 1. The Kier molecular flexibility index (Phi) is 4.15. The van der Waals surface area contributed by atoms with Gasteiger partial charge in [0.1, 0.15) is 5.69 Å². The molecule has 1 fully saturated rings. The highest BCUT2D eigenvalue weighted by Crippen LogP contribution is 2.14. The molecule has 0 aromatic carbocycles. The van der Waals surface area contributed by atoms with Crippen LogP contribution in [0, 0.1) is 5.92 Å². The maximum Gasteiger partial charge on any atom is 0.268 e. The molecule has 0 spiro atoms. The van der Waals surface area contributed by atoms with Gasteiger partial charge in [-0.2, -0.15) is 0 Å². The van der Waals surface area contributed by atoms with Gasteiger partial charge in [-0.25, -0.2) is 0 Å². The quantitative estimate of drug-likeness (QED) is 0.730. The Morgan fingerprint density at radius 1 is 1.50 bits per heavy atom. The van der Waals surface area contributed by atoms with E-state index in [9.17, 15) is 9.59 Å². The van der Waals surface area contributed by atoms with Gasteiger partial charge in [0.2, 0.25) is 5.56 Å². The molecule has 5 nitrogen and oxygen atoms in total. The number of amides is 1. The molecule has 2 unspecified atom stereocenters. The topological polar surface area (TPSA) is 74.0 Å². The average molecular weight is 249 g/mol. The molecule has 1 aromatic heterocycles. The molecule has 0 aliphatic carbocycles. The molecule has 5 heteroatoms. The lowest BCUT2D eigenvalue weighted by atomic mass is 9.93. The van der Waals surface area contributed by atoms with Crippen LogP contribution in [0.3, 0.4) is 0 Å². The molecule has 1 aromatic rings. The Balaban J connectivity index is 1.96. The van der Waals surface area contributed by atoms with E-state index in [1.165, 1.54) is 6.07 Å². The number of rotatable bonds is 3. The minimum Gasteiger partial charge on any atom is -0.348 e. The smallest absolute Gasteiger partial charge is 0.268 e. The zero-order chi connectivity index (χ0) is 13.0. The summed E-state index contributed by atoms with van der Waals surface area (Å²) in [6.45, 7) is 4.01. The van der Waals surface area contributed by atoms with Crippen LogP contribution in [0.5, 0.6) is 0 Å². The number of piperidine rings is 1. The first-order valence-electron chi connectivity index (χ1n) is 6.38. The fourth-order valence-electron chi connectivity index (χ4n) is 2.29. The van der Waals surface area contributed by atoms with Crippen LogP contribution in [0.4, 0.5) is 0 Å². The van der Waals surface area contributed by atoms with Crippen molar-refractivity contribution in [3.05, 3.63) is 34.2 Å². The number of carbonyl (C=O) groups is 1. The standard InChI is InChI=1S/C13H19N3O2/c1-9(10-4-3-7-14-8-10)15-13(18)11-5-2-6-12(17)16-11/h2,5-6,9-10,14H,3-4,7-8H2,1H3,(H,15,18)(H,16,17). The molecular weight excluding hydrogens is 230 g/mol. The fraction of sp³-hybridized carbons (Fsp3) is 0.538. The average Bonchev–Trinajstić information content (AvgIpc) is 2.39. The highest BCUT2D eigenvalue weighted by molar-refractivity contribution is 5.92. The van der Waals surface area contributed by atoms with Crippen molar-refractivity contribution in [1.29, 1.82) is 0 Å².